The zero-order chi connectivity index (χ0) is 12.4. The molecule has 1 aliphatic heterocycles. The molecule has 0 amide bonds. The Morgan fingerprint density at radius 3 is 3.06 bits per heavy atom. The number of benzene rings is 1. The fourth-order valence-corrected chi connectivity index (χ4v) is 1.89. The summed E-state index contributed by atoms with van der Waals surface area (Å²) in [6.07, 6.45) is 0. The topological polar surface area (TPSA) is 75.7 Å². The first kappa shape index (κ1) is 11.9. The van der Waals surface area contributed by atoms with Gasteiger partial charge in [-0.25, -0.2) is 0 Å². The van der Waals surface area contributed by atoms with Crippen LogP contribution in [0.2, 0.25) is 0 Å². The lowest BCUT2D eigenvalue weighted by Crippen LogP contribution is -2.30. The number of para-hydroxylation sites is 1. The van der Waals surface area contributed by atoms with Gasteiger partial charge in [0.1, 0.15) is 18.0 Å². The molecule has 1 aromatic carbocycles. The first-order chi connectivity index (χ1) is 8.09. The third-order valence-corrected chi connectivity index (χ3v) is 2.93. The fourth-order valence-electron chi connectivity index (χ4n) is 1.51. The lowest BCUT2D eigenvalue weighted by molar-refractivity contribution is -0.307. The van der Waals surface area contributed by atoms with Crippen molar-refractivity contribution in [1.82, 2.24) is 0 Å². The number of Topliss-reactive ketones (excluding diaryl/α,β-unsaturated/α-hetero) is 1. The predicted molar refractivity (Wildman–Crippen MR) is 59.5 cm³/mol. The Kier molecular flexibility index (Phi) is 3.33. The highest BCUT2D eigenvalue weighted by molar-refractivity contribution is 9.10. The van der Waals surface area contributed by atoms with Crippen molar-refractivity contribution in [1.29, 1.82) is 0 Å². The van der Waals surface area contributed by atoms with E-state index in [1.807, 2.05) is 0 Å². The number of ketones is 1. The van der Waals surface area contributed by atoms with E-state index in [-0.39, 0.29) is 28.7 Å². The van der Waals surface area contributed by atoms with Crippen LogP contribution in [0.15, 0.2) is 18.2 Å². The minimum atomic E-state index is -1.33. The second-order valence-electron chi connectivity index (χ2n) is 3.44. The minimum Gasteiger partial charge on any atom is -0.546 e. The van der Waals surface area contributed by atoms with Gasteiger partial charge in [-0.2, -0.15) is 0 Å². The summed E-state index contributed by atoms with van der Waals surface area (Å²) in [6, 6.07) is 4.76. The zero-order valence-electron chi connectivity index (χ0n) is 8.64. The number of hydrogen-bond donors (Lipinski definition) is 0. The van der Waals surface area contributed by atoms with Gasteiger partial charge >= 0.3 is 0 Å². The van der Waals surface area contributed by atoms with E-state index in [1.54, 1.807) is 18.2 Å². The molecule has 6 heteroatoms. The van der Waals surface area contributed by atoms with Crippen molar-refractivity contribution >= 4 is 27.7 Å². The Labute approximate surface area is 105 Å². The molecule has 0 aromatic heterocycles. The van der Waals surface area contributed by atoms with E-state index in [1.165, 1.54) is 0 Å². The van der Waals surface area contributed by atoms with Crippen molar-refractivity contribution in [3.05, 3.63) is 23.8 Å². The number of halogens is 1. The van der Waals surface area contributed by atoms with E-state index in [2.05, 4.69) is 15.9 Å². The molecule has 0 saturated carbocycles. The molecule has 5 nitrogen and oxygen atoms in total. The molecular weight excluding hydrogens is 292 g/mol. The summed E-state index contributed by atoms with van der Waals surface area (Å²) in [5, 5.41) is 10.3. The van der Waals surface area contributed by atoms with Gasteiger partial charge in [0.15, 0.2) is 17.3 Å². The maximum atomic E-state index is 11.8. The van der Waals surface area contributed by atoms with Crippen LogP contribution in [0.1, 0.15) is 10.4 Å². The zero-order valence-corrected chi connectivity index (χ0v) is 10.2. The van der Waals surface area contributed by atoms with Gasteiger partial charge in [0.05, 0.1) is 11.5 Å². The molecule has 90 valence electrons. The molecule has 1 unspecified atom stereocenters. The number of carbonyl (C=O) groups is 2. The van der Waals surface area contributed by atoms with Crippen LogP contribution in [0, 0.1) is 0 Å². The Hall–Kier alpha value is -1.56. The average Bonchev–Trinajstić information content (AvgIpc) is 2.31. The van der Waals surface area contributed by atoms with Gasteiger partial charge in [0, 0.05) is 0 Å². The predicted octanol–water partition coefficient (Wildman–Crippen LogP) is 0.154. The molecule has 0 N–H and O–H groups in total. The van der Waals surface area contributed by atoms with Crippen LogP contribution < -0.4 is 14.6 Å². The van der Waals surface area contributed by atoms with Gasteiger partial charge < -0.3 is 19.4 Å². The fraction of sp³-hybridized carbons (Fsp3) is 0.273. The van der Waals surface area contributed by atoms with Crippen LogP contribution in [-0.4, -0.2) is 29.8 Å². The molecule has 0 saturated heterocycles. The monoisotopic (exact) mass is 299 g/mol. The highest BCUT2D eigenvalue weighted by atomic mass is 79.9. The second-order valence-corrected chi connectivity index (χ2v) is 4.54. The summed E-state index contributed by atoms with van der Waals surface area (Å²) >= 11 is 3.19. The van der Waals surface area contributed by atoms with Gasteiger partial charge in [0.2, 0.25) is 0 Å². The minimum absolute atomic E-state index is 0.106. The van der Waals surface area contributed by atoms with Gasteiger partial charge in [-0.05, 0) is 12.1 Å². The van der Waals surface area contributed by atoms with Crippen LogP contribution in [0.3, 0.4) is 0 Å². The number of carboxylic acid groups (broad SMARTS) is 1. The molecule has 1 aromatic rings. The maximum Gasteiger partial charge on any atom is 0.183 e. The van der Waals surface area contributed by atoms with Gasteiger partial charge in [0.25, 0.3) is 0 Å². The number of alkyl halides is 1. The molecule has 0 radical (unpaired) electrons. The van der Waals surface area contributed by atoms with Gasteiger partial charge in [-0.15, -0.1) is 0 Å². The van der Waals surface area contributed by atoms with Crippen molar-refractivity contribution in [2.45, 2.75) is 4.83 Å². The van der Waals surface area contributed by atoms with Crippen LogP contribution in [-0.2, 0) is 4.79 Å². The van der Waals surface area contributed by atoms with E-state index >= 15 is 0 Å². The van der Waals surface area contributed by atoms with E-state index in [0.29, 0.717) is 5.56 Å². The smallest absolute Gasteiger partial charge is 0.183 e. The van der Waals surface area contributed by atoms with Crippen molar-refractivity contribution < 1.29 is 24.2 Å². The SMILES string of the molecule is O=C([O-])COc1cccc2c1OCC(Br)C2=O. The molecular formula is C11H8BrO5-. The standard InChI is InChI=1S/C11H9BrO5/c12-7-4-17-11-6(10(7)15)2-1-3-8(11)16-5-9(13)14/h1-3,7H,4-5H2,(H,13,14)/p-1. The highest BCUT2D eigenvalue weighted by Crippen LogP contribution is 2.36. The summed E-state index contributed by atoms with van der Waals surface area (Å²) in [7, 11) is 0. The van der Waals surface area contributed by atoms with Crippen molar-refractivity contribution in [2.24, 2.45) is 0 Å². The summed E-state index contributed by atoms with van der Waals surface area (Å²) in [6.45, 7) is -0.386. The largest absolute Gasteiger partial charge is 0.546 e. The molecule has 1 heterocycles. The van der Waals surface area contributed by atoms with E-state index in [9.17, 15) is 14.7 Å². The van der Waals surface area contributed by atoms with Crippen molar-refractivity contribution in [2.75, 3.05) is 13.2 Å². The Morgan fingerprint density at radius 2 is 2.35 bits per heavy atom. The number of hydrogen-bond acceptors (Lipinski definition) is 5. The highest BCUT2D eigenvalue weighted by Gasteiger charge is 2.28. The molecule has 1 atom stereocenters. The van der Waals surface area contributed by atoms with Gasteiger partial charge in [-0.3, -0.25) is 4.79 Å². The Bertz CT molecular complexity index is 471. The summed E-state index contributed by atoms with van der Waals surface area (Å²) in [4.78, 5) is 21.7. The molecule has 1 aliphatic rings. The number of carboxylic acids is 1. The quantitative estimate of drug-likeness (QED) is 0.743. The van der Waals surface area contributed by atoms with Crippen LogP contribution in [0.5, 0.6) is 11.5 Å². The number of carbonyl (C=O) groups excluding carboxylic acids is 2. The maximum absolute atomic E-state index is 11.8. The van der Waals surface area contributed by atoms with E-state index in [0.717, 1.165) is 0 Å². The van der Waals surface area contributed by atoms with Crippen LogP contribution in [0.25, 0.3) is 0 Å². The summed E-state index contributed by atoms with van der Waals surface area (Å²) < 4.78 is 10.4. The second kappa shape index (κ2) is 4.75. The summed E-state index contributed by atoms with van der Waals surface area (Å²) in [5.74, 6) is -0.915. The Balaban J connectivity index is 2.30. The lowest BCUT2D eigenvalue weighted by Gasteiger charge is -2.22. The first-order valence-electron chi connectivity index (χ1n) is 4.86. The van der Waals surface area contributed by atoms with Crippen molar-refractivity contribution in [3.8, 4) is 11.5 Å². The number of aliphatic carboxylic acids is 1. The molecule has 0 fully saturated rings. The van der Waals surface area contributed by atoms with Crippen LogP contribution in [0.4, 0.5) is 0 Å². The molecule has 0 spiro atoms. The molecule has 17 heavy (non-hydrogen) atoms. The normalized spacial score (nSPS) is 18.2. The van der Waals surface area contributed by atoms with Crippen molar-refractivity contribution in [3.63, 3.8) is 0 Å². The first-order valence-corrected chi connectivity index (χ1v) is 5.78. The molecule has 0 bridgehead atoms. The third-order valence-electron chi connectivity index (χ3n) is 2.25. The Morgan fingerprint density at radius 1 is 1.59 bits per heavy atom. The number of rotatable bonds is 3. The number of fused-ring (bicyclic) bond motifs is 1. The third kappa shape index (κ3) is 2.41. The summed E-state index contributed by atoms with van der Waals surface area (Å²) in [5.41, 5.74) is 0.383. The van der Waals surface area contributed by atoms with E-state index < -0.39 is 12.6 Å². The lowest BCUT2D eigenvalue weighted by atomic mass is 10.0. The molecule has 0 aliphatic carbocycles. The van der Waals surface area contributed by atoms with Crippen LogP contribution >= 0.6 is 15.9 Å². The average molecular weight is 300 g/mol. The number of ether oxygens (including phenoxy) is 2. The van der Waals surface area contributed by atoms with Gasteiger partial charge in [-0.1, -0.05) is 22.0 Å². The van der Waals surface area contributed by atoms with E-state index in [4.69, 9.17) is 9.47 Å². The molecule has 2 rings (SSSR count).